The molecule has 0 aromatic heterocycles. The molecule has 6 heteroatoms. The number of amides is 1. The first-order valence-corrected chi connectivity index (χ1v) is 9.24. The molecule has 0 aliphatic heterocycles. The molecule has 1 N–H and O–H groups in total. The van der Waals surface area contributed by atoms with E-state index in [-0.39, 0.29) is 30.8 Å². The molecule has 1 aliphatic rings. The molecule has 1 fully saturated rings. The van der Waals surface area contributed by atoms with Crippen LogP contribution in [0.4, 0.5) is 5.69 Å². The van der Waals surface area contributed by atoms with Crippen molar-refractivity contribution in [3.63, 3.8) is 0 Å². The minimum absolute atomic E-state index is 0.00261. The molecule has 0 atom stereocenters. The third-order valence-corrected chi connectivity index (χ3v) is 4.50. The zero-order valence-electron chi connectivity index (χ0n) is 15.5. The van der Waals surface area contributed by atoms with Gasteiger partial charge in [0.05, 0.1) is 18.6 Å². The van der Waals surface area contributed by atoms with Crippen molar-refractivity contribution in [2.75, 3.05) is 11.9 Å². The summed E-state index contributed by atoms with van der Waals surface area (Å²) in [6.45, 7) is 4.27. The quantitative estimate of drug-likeness (QED) is 0.749. The molecule has 1 aromatic carbocycles. The van der Waals surface area contributed by atoms with Gasteiger partial charge in [-0.3, -0.25) is 9.59 Å². The second-order valence-corrected chi connectivity index (χ2v) is 6.72. The van der Waals surface area contributed by atoms with Crippen molar-refractivity contribution in [2.24, 2.45) is 5.92 Å². The van der Waals surface area contributed by atoms with Gasteiger partial charge in [0.1, 0.15) is 6.10 Å². The van der Waals surface area contributed by atoms with Gasteiger partial charge in [0.15, 0.2) is 0 Å². The van der Waals surface area contributed by atoms with Crippen LogP contribution in [0.15, 0.2) is 24.3 Å². The summed E-state index contributed by atoms with van der Waals surface area (Å²) < 4.78 is 10.3. The average Bonchev–Trinajstić information content (AvgIpc) is 2.63. The lowest BCUT2D eigenvalue weighted by molar-refractivity contribution is -0.151. The molecule has 1 aliphatic carbocycles. The molecule has 0 spiro atoms. The second-order valence-electron chi connectivity index (χ2n) is 6.72. The minimum atomic E-state index is -0.398. The van der Waals surface area contributed by atoms with Gasteiger partial charge in [0, 0.05) is 12.1 Å². The third-order valence-electron chi connectivity index (χ3n) is 4.50. The van der Waals surface area contributed by atoms with E-state index in [1.807, 2.05) is 0 Å². The van der Waals surface area contributed by atoms with Crippen LogP contribution < -0.4 is 5.32 Å². The number of rotatable bonds is 7. The van der Waals surface area contributed by atoms with Crippen LogP contribution in [0.1, 0.15) is 62.7 Å². The molecule has 26 heavy (non-hydrogen) atoms. The number of nitrogens with one attached hydrogen (secondary N) is 1. The summed E-state index contributed by atoms with van der Waals surface area (Å²) in [4.78, 5) is 35.4. The number of hydrogen-bond donors (Lipinski definition) is 1. The SMILES string of the molecule is CCOC(=O)c1ccc(NC(=O)CCC(=O)OC2CCC(C)CC2)cc1. The van der Waals surface area contributed by atoms with E-state index in [0.29, 0.717) is 23.8 Å². The van der Waals surface area contributed by atoms with E-state index >= 15 is 0 Å². The Morgan fingerprint density at radius 2 is 1.69 bits per heavy atom. The molecule has 2 rings (SSSR count). The molecule has 142 valence electrons. The molecular formula is C20H27NO5. The summed E-state index contributed by atoms with van der Waals surface area (Å²) in [5, 5.41) is 2.71. The van der Waals surface area contributed by atoms with Crippen LogP contribution in [0.5, 0.6) is 0 Å². The zero-order valence-corrected chi connectivity index (χ0v) is 15.5. The normalized spacial score (nSPS) is 19.5. The molecule has 1 saturated carbocycles. The highest BCUT2D eigenvalue weighted by molar-refractivity contribution is 5.94. The van der Waals surface area contributed by atoms with E-state index in [4.69, 9.17) is 9.47 Å². The Balaban J connectivity index is 1.71. The Kier molecular flexibility index (Phi) is 7.63. The largest absolute Gasteiger partial charge is 0.462 e. The Morgan fingerprint density at radius 1 is 1.04 bits per heavy atom. The van der Waals surface area contributed by atoms with Crippen LogP contribution >= 0.6 is 0 Å². The van der Waals surface area contributed by atoms with Crippen molar-refractivity contribution >= 4 is 23.5 Å². The molecule has 0 bridgehead atoms. The van der Waals surface area contributed by atoms with E-state index in [2.05, 4.69) is 12.2 Å². The second kappa shape index (κ2) is 9.94. The molecule has 0 radical (unpaired) electrons. The van der Waals surface area contributed by atoms with Crippen molar-refractivity contribution in [3.05, 3.63) is 29.8 Å². The van der Waals surface area contributed by atoms with Crippen LogP contribution in [0.3, 0.4) is 0 Å². The summed E-state index contributed by atoms with van der Waals surface area (Å²) >= 11 is 0. The summed E-state index contributed by atoms with van der Waals surface area (Å²) in [5.74, 6) is -0.281. The monoisotopic (exact) mass is 361 g/mol. The minimum Gasteiger partial charge on any atom is -0.462 e. The predicted octanol–water partition coefficient (Wildman–Crippen LogP) is 3.70. The third kappa shape index (κ3) is 6.50. The predicted molar refractivity (Wildman–Crippen MR) is 97.8 cm³/mol. The van der Waals surface area contributed by atoms with Gasteiger partial charge >= 0.3 is 11.9 Å². The van der Waals surface area contributed by atoms with E-state index in [1.54, 1.807) is 31.2 Å². The molecule has 1 amide bonds. The summed E-state index contributed by atoms with van der Waals surface area (Å²) in [6.07, 6.45) is 4.12. The van der Waals surface area contributed by atoms with Gasteiger partial charge in [0.2, 0.25) is 5.91 Å². The lowest BCUT2D eigenvalue weighted by Gasteiger charge is -2.25. The maximum atomic E-state index is 12.0. The molecule has 1 aromatic rings. The maximum absolute atomic E-state index is 12.0. The molecular weight excluding hydrogens is 334 g/mol. The van der Waals surface area contributed by atoms with Gasteiger partial charge in [-0.05, 0) is 62.8 Å². The Morgan fingerprint density at radius 3 is 2.31 bits per heavy atom. The maximum Gasteiger partial charge on any atom is 0.338 e. The van der Waals surface area contributed by atoms with Crippen LogP contribution in [0, 0.1) is 5.92 Å². The van der Waals surface area contributed by atoms with Gasteiger partial charge in [-0.15, -0.1) is 0 Å². The number of carbonyl (C=O) groups is 3. The highest BCUT2D eigenvalue weighted by atomic mass is 16.5. The Labute approximate surface area is 154 Å². The van der Waals surface area contributed by atoms with Crippen LogP contribution in [-0.4, -0.2) is 30.6 Å². The van der Waals surface area contributed by atoms with Crippen LogP contribution in [-0.2, 0) is 19.1 Å². The molecule has 0 heterocycles. The fraction of sp³-hybridized carbons (Fsp3) is 0.550. The number of ether oxygens (including phenoxy) is 2. The van der Waals surface area contributed by atoms with E-state index in [9.17, 15) is 14.4 Å². The number of hydrogen-bond acceptors (Lipinski definition) is 5. The number of esters is 2. The number of anilines is 1. The average molecular weight is 361 g/mol. The van der Waals surface area contributed by atoms with E-state index in [1.165, 1.54) is 0 Å². The lowest BCUT2D eigenvalue weighted by atomic mass is 9.89. The Hall–Kier alpha value is -2.37. The summed E-state index contributed by atoms with van der Waals surface area (Å²) in [5.41, 5.74) is 0.993. The fourth-order valence-corrected chi connectivity index (χ4v) is 2.94. The fourth-order valence-electron chi connectivity index (χ4n) is 2.94. The standard InChI is InChI=1S/C20H27NO5/c1-3-25-20(24)15-6-8-16(9-7-15)21-18(22)12-13-19(23)26-17-10-4-14(2)5-11-17/h6-9,14,17H,3-5,10-13H2,1-2H3,(H,21,22). The van der Waals surface area contributed by atoms with E-state index in [0.717, 1.165) is 25.7 Å². The first-order valence-electron chi connectivity index (χ1n) is 9.24. The van der Waals surface area contributed by atoms with Gasteiger partial charge in [-0.2, -0.15) is 0 Å². The highest BCUT2D eigenvalue weighted by Crippen LogP contribution is 2.25. The Bertz CT molecular complexity index is 618. The molecule has 6 nitrogen and oxygen atoms in total. The summed E-state index contributed by atoms with van der Waals surface area (Å²) in [6, 6.07) is 6.44. The topological polar surface area (TPSA) is 81.7 Å². The number of carbonyl (C=O) groups excluding carboxylic acids is 3. The van der Waals surface area contributed by atoms with Gasteiger partial charge in [-0.25, -0.2) is 4.79 Å². The summed E-state index contributed by atoms with van der Waals surface area (Å²) in [7, 11) is 0. The highest BCUT2D eigenvalue weighted by Gasteiger charge is 2.21. The van der Waals surface area contributed by atoms with Gasteiger partial charge in [0.25, 0.3) is 0 Å². The first kappa shape index (κ1) is 19.9. The van der Waals surface area contributed by atoms with Crippen molar-refractivity contribution in [3.8, 4) is 0 Å². The number of benzene rings is 1. The smallest absolute Gasteiger partial charge is 0.338 e. The molecule has 0 saturated heterocycles. The van der Waals surface area contributed by atoms with Crippen LogP contribution in [0.2, 0.25) is 0 Å². The van der Waals surface area contributed by atoms with Crippen molar-refractivity contribution in [2.45, 2.75) is 58.5 Å². The van der Waals surface area contributed by atoms with E-state index < -0.39 is 5.97 Å². The van der Waals surface area contributed by atoms with Crippen molar-refractivity contribution in [1.29, 1.82) is 0 Å². The molecule has 0 unspecified atom stereocenters. The van der Waals surface area contributed by atoms with Crippen LogP contribution in [0.25, 0.3) is 0 Å². The van der Waals surface area contributed by atoms with Crippen molar-refractivity contribution < 1.29 is 23.9 Å². The van der Waals surface area contributed by atoms with Gasteiger partial charge in [-0.1, -0.05) is 6.92 Å². The van der Waals surface area contributed by atoms with Gasteiger partial charge < -0.3 is 14.8 Å². The first-order chi connectivity index (χ1) is 12.5. The zero-order chi connectivity index (χ0) is 18.9. The van der Waals surface area contributed by atoms with Crippen molar-refractivity contribution in [1.82, 2.24) is 0 Å². The lowest BCUT2D eigenvalue weighted by Crippen LogP contribution is -2.24.